The zero-order chi connectivity index (χ0) is 50.5. The molecule has 11 rings (SSSR count). The molecular formula is C60H74N4O8. The highest BCUT2D eigenvalue weighted by molar-refractivity contribution is 5.91. The van der Waals surface area contributed by atoms with Crippen molar-refractivity contribution < 1.29 is 38.1 Å². The van der Waals surface area contributed by atoms with E-state index in [-0.39, 0.29) is 65.3 Å². The number of cyclic esters (lactones) is 4. The van der Waals surface area contributed by atoms with Gasteiger partial charge in [-0.25, -0.2) is 9.97 Å². The van der Waals surface area contributed by atoms with Gasteiger partial charge in [-0.1, -0.05) is 107 Å². The number of rotatable bonds is 0. The van der Waals surface area contributed by atoms with Gasteiger partial charge in [0.2, 0.25) is 0 Å². The van der Waals surface area contributed by atoms with Gasteiger partial charge < -0.3 is 28.9 Å². The summed E-state index contributed by atoms with van der Waals surface area (Å²) in [7, 11) is 0. The van der Waals surface area contributed by atoms with Crippen LogP contribution < -0.4 is 0 Å². The Hall–Kier alpha value is -5.52. The number of fused-ring (bicyclic) bond motifs is 16. The SMILES string of the molecule is CC1(C)C2C(=O)OCCCCCCCCOC(=O)C3C(c4c5nc(c(c6nc(c7c8ccc([nH]8)c(c8ccc4[nH]8)C4C(C(=O)OCCCCCCCCOC(=O)C8C7C8(C)C)C4(C)C)C=C6)C21)C=C5)C3(C)C. The van der Waals surface area contributed by atoms with Gasteiger partial charge in [-0.3, -0.25) is 19.2 Å². The predicted molar refractivity (Wildman–Crippen MR) is 278 cm³/mol. The Labute approximate surface area is 423 Å². The summed E-state index contributed by atoms with van der Waals surface area (Å²) in [6.45, 7) is 18.7. The largest absolute Gasteiger partial charge is 0.465 e. The van der Waals surface area contributed by atoms with E-state index in [1.807, 2.05) is 12.2 Å². The Morgan fingerprint density at radius 3 is 0.889 bits per heavy atom. The monoisotopic (exact) mass is 979 g/mol. The molecule has 8 aliphatic rings. The van der Waals surface area contributed by atoms with Crippen LogP contribution >= 0.6 is 0 Å². The molecular weight excluding hydrogens is 905 g/mol. The van der Waals surface area contributed by atoms with Gasteiger partial charge in [0, 0.05) is 68.0 Å². The third-order valence-corrected chi connectivity index (χ3v) is 18.5. The van der Waals surface area contributed by atoms with Crippen molar-refractivity contribution in [3.63, 3.8) is 0 Å². The summed E-state index contributed by atoms with van der Waals surface area (Å²) in [5, 5.41) is 0. The fourth-order valence-corrected chi connectivity index (χ4v) is 13.9. The van der Waals surface area contributed by atoms with Crippen molar-refractivity contribution in [2.24, 2.45) is 45.3 Å². The molecule has 0 amide bonds. The Balaban J connectivity index is 1.18. The average molecular weight is 979 g/mol. The molecule has 2 N–H and O–H groups in total. The lowest BCUT2D eigenvalue weighted by Crippen LogP contribution is -2.12. The first-order chi connectivity index (χ1) is 34.5. The van der Waals surface area contributed by atoms with E-state index in [2.05, 4.69) is 102 Å². The molecule has 0 saturated heterocycles. The molecule has 12 bridgehead atoms. The first kappa shape index (κ1) is 48.7. The summed E-state index contributed by atoms with van der Waals surface area (Å²) in [5.74, 6) is -3.18. The summed E-state index contributed by atoms with van der Waals surface area (Å²) in [4.78, 5) is 75.6. The van der Waals surface area contributed by atoms with Crippen LogP contribution in [0.5, 0.6) is 0 Å². The number of esters is 4. The van der Waals surface area contributed by atoms with Gasteiger partial charge >= 0.3 is 23.9 Å². The quantitative estimate of drug-likeness (QED) is 0.113. The van der Waals surface area contributed by atoms with E-state index in [1.54, 1.807) is 0 Å². The second-order valence-electron chi connectivity index (χ2n) is 24.7. The lowest BCUT2D eigenvalue weighted by Gasteiger charge is -2.08. The highest BCUT2D eigenvalue weighted by Crippen LogP contribution is 2.70. The zero-order valence-electron chi connectivity index (χ0n) is 43.7. The normalized spacial score (nSPS) is 30.8. The van der Waals surface area contributed by atoms with Gasteiger partial charge in [0.25, 0.3) is 0 Å². The molecule has 72 heavy (non-hydrogen) atoms. The third-order valence-electron chi connectivity index (χ3n) is 18.5. The maximum Gasteiger partial charge on any atom is 0.310 e. The number of nitrogens with one attached hydrogen (secondary N) is 2. The number of hydrogen-bond donors (Lipinski definition) is 2. The van der Waals surface area contributed by atoms with Gasteiger partial charge in [-0.05, 0) is 95.9 Å². The summed E-state index contributed by atoms with van der Waals surface area (Å²) in [6, 6.07) is 8.40. The molecule has 12 nitrogen and oxygen atoms in total. The second-order valence-corrected chi connectivity index (χ2v) is 24.7. The number of aromatic nitrogens is 4. The minimum absolute atomic E-state index is 0.177. The molecule has 382 valence electrons. The maximum atomic E-state index is 14.2. The summed E-state index contributed by atoms with van der Waals surface area (Å²) >= 11 is 0. The van der Waals surface area contributed by atoms with E-state index in [1.165, 1.54) is 0 Å². The van der Waals surface area contributed by atoms with Crippen LogP contribution in [0.1, 0.15) is 201 Å². The van der Waals surface area contributed by atoms with Crippen LogP contribution in [-0.2, 0) is 38.1 Å². The molecule has 3 aromatic heterocycles. The van der Waals surface area contributed by atoms with Crippen LogP contribution in [0.3, 0.4) is 0 Å². The number of hydrogen-bond acceptors (Lipinski definition) is 10. The number of H-pyrrole nitrogens is 2. The van der Waals surface area contributed by atoms with Crippen molar-refractivity contribution in [1.29, 1.82) is 0 Å². The Kier molecular flexibility index (Phi) is 12.3. The molecule has 4 fully saturated rings. The average Bonchev–Trinajstić information content (AvgIpc) is 3.95. The first-order valence-corrected chi connectivity index (χ1v) is 27.3. The molecule has 0 spiro atoms. The van der Waals surface area contributed by atoms with E-state index in [0.29, 0.717) is 26.4 Å². The Morgan fingerprint density at radius 1 is 0.347 bits per heavy atom. The Morgan fingerprint density at radius 2 is 0.583 bits per heavy atom. The smallest absolute Gasteiger partial charge is 0.310 e. The molecule has 4 aliphatic heterocycles. The van der Waals surface area contributed by atoms with Crippen LogP contribution in [0.2, 0.25) is 0 Å². The van der Waals surface area contributed by atoms with Crippen molar-refractivity contribution >= 4 is 70.2 Å². The van der Waals surface area contributed by atoms with Gasteiger partial charge in [0.15, 0.2) is 0 Å². The number of ether oxygens (including phenoxy) is 4. The number of carbonyl (C=O) groups is 4. The van der Waals surface area contributed by atoms with Crippen molar-refractivity contribution in [2.75, 3.05) is 26.4 Å². The van der Waals surface area contributed by atoms with E-state index < -0.39 is 27.6 Å². The summed E-state index contributed by atoms with van der Waals surface area (Å²) < 4.78 is 24.3. The van der Waals surface area contributed by atoms with Crippen molar-refractivity contribution in [2.45, 2.75) is 156 Å². The van der Waals surface area contributed by atoms with Gasteiger partial charge in [-0.2, -0.15) is 0 Å². The number of nitrogens with zero attached hydrogens (tertiary/aromatic N) is 2. The maximum absolute atomic E-state index is 14.2. The molecule has 7 heterocycles. The van der Waals surface area contributed by atoms with E-state index in [0.717, 1.165) is 144 Å². The predicted octanol–water partition coefficient (Wildman–Crippen LogP) is 12.5. The lowest BCUT2D eigenvalue weighted by atomic mass is 10.00. The third kappa shape index (κ3) is 8.34. The van der Waals surface area contributed by atoms with Crippen LogP contribution in [0.25, 0.3) is 46.4 Å². The van der Waals surface area contributed by atoms with Gasteiger partial charge in [0.05, 0.1) is 72.9 Å². The van der Waals surface area contributed by atoms with E-state index in [4.69, 9.17) is 28.9 Å². The summed E-state index contributed by atoms with van der Waals surface area (Å²) in [6.07, 6.45) is 19.3. The Bertz CT molecular complexity index is 2910. The highest BCUT2D eigenvalue weighted by atomic mass is 16.5. The van der Waals surface area contributed by atoms with Gasteiger partial charge in [0.1, 0.15) is 0 Å². The molecule has 4 saturated carbocycles. The fourth-order valence-electron chi connectivity index (χ4n) is 13.9. The minimum Gasteiger partial charge on any atom is -0.465 e. The molecule has 8 unspecified atom stereocenters. The minimum atomic E-state index is -0.449. The molecule has 8 atom stereocenters. The topological polar surface area (TPSA) is 163 Å². The molecule has 12 heteroatoms. The highest BCUT2D eigenvalue weighted by Gasteiger charge is 2.67. The molecule has 4 aliphatic carbocycles. The first-order valence-electron chi connectivity index (χ1n) is 27.3. The number of aromatic amines is 2. The van der Waals surface area contributed by atoms with Crippen LogP contribution in [0.4, 0.5) is 0 Å². The van der Waals surface area contributed by atoms with Crippen molar-refractivity contribution in [3.8, 4) is 0 Å². The molecule has 0 aromatic carbocycles. The number of carbonyl (C=O) groups excluding carboxylic acids is 4. The fraction of sp³-hybridized carbons (Fsp3) is 0.600. The van der Waals surface area contributed by atoms with Crippen LogP contribution in [0, 0.1) is 45.3 Å². The molecule has 3 aromatic rings. The van der Waals surface area contributed by atoms with E-state index >= 15 is 0 Å². The van der Waals surface area contributed by atoms with Crippen molar-refractivity contribution in [1.82, 2.24) is 19.9 Å². The zero-order valence-corrected chi connectivity index (χ0v) is 43.7. The standard InChI is InChI=1S/C60H74N4O8/c1-57(2)45-41-33-21-22-34(61-33)42(46-50(58(46,3)4)54(66)70-30-18-14-10-9-13-17-29-69-53(65)49(45)57)39-27-28-40(64-39)44-36-24-23-35(62-36)43(38-26-25-37(41)63-38)47-51(59(47,5)6)55(67)71-31-19-15-11-12-16-20-32-72-56(68)52-48(44)60(52,7)8/h21-28,45-52,61,63H,9-20,29-32H2,1-8H3. The van der Waals surface area contributed by atoms with Crippen LogP contribution in [-0.4, -0.2) is 70.2 Å². The second kappa shape index (κ2) is 18.1. The van der Waals surface area contributed by atoms with Crippen molar-refractivity contribution in [3.05, 3.63) is 69.3 Å². The van der Waals surface area contributed by atoms with E-state index in [9.17, 15) is 19.2 Å². The molecule has 0 radical (unpaired) electrons. The summed E-state index contributed by atoms with van der Waals surface area (Å²) in [5.41, 5.74) is 8.24. The van der Waals surface area contributed by atoms with Gasteiger partial charge in [-0.15, -0.1) is 0 Å². The van der Waals surface area contributed by atoms with Crippen LogP contribution in [0.15, 0.2) is 24.3 Å². The lowest BCUT2D eigenvalue weighted by molar-refractivity contribution is -0.147.